The fourth-order valence-electron chi connectivity index (χ4n) is 0. The zero-order valence-electron chi connectivity index (χ0n) is 3.79. The average molecular weight is 130 g/mol. The molecule has 0 amide bonds. The third kappa shape index (κ3) is 10.7. The van der Waals surface area contributed by atoms with Gasteiger partial charge < -0.3 is 6.15 Å². The second-order valence-corrected chi connectivity index (χ2v) is 1.77. The van der Waals surface area contributed by atoms with E-state index in [2.05, 4.69) is 15.3 Å². The van der Waals surface area contributed by atoms with E-state index < -0.39 is 10.3 Å². The molecule has 7 heavy (non-hydrogen) atoms. The molecule has 0 aliphatic heterocycles. The summed E-state index contributed by atoms with van der Waals surface area (Å²) in [6.45, 7) is 0. The predicted molar refractivity (Wildman–Crippen MR) is 24.4 cm³/mol. The molecule has 0 aromatic rings. The van der Waals surface area contributed by atoms with Crippen LogP contribution < -0.4 is 17.2 Å². The van der Waals surface area contributed by atoms with Crippen molar-refractivity contribution in [3.8, 4) is 0 Å². The number of hydrogen-bond donors (Lipinski definition) is 3. The minimum absolute atomic E-state index is 0. The fraction of sp³-hybridized carbons (Fsp3) is 0. The van der Waals surface area contributed by atoms with Crippen LogP contribution in [-0.4, -0.2) is 8.42 Å². The zero-order valence-corrected chi connectivity index (χ0v) is 4.60. The Morgan fingerprint density at radius 3 is 1.57 bits per heavy atom. The van der Waals surface area contributed by atoms with Gasteiger partial charge in [-0.2, -0.15) is 18.6 Å². The van der Waals surface area contributed by atoms with Gasteiger partial charge in [0.15, 0.2) is 0 Å². The van der Waals surface area contributed by atoms with Crippen LogP contribution in [0.2, 0.25) is 0 Å². The molecule has 0 bridgehead atoms. The molecule has 46 valence electrons. The molecular formula is H8N3O3S+. The van der Waals surface area contributed by atoms with Crippen molar-refractivity contribution < 1.29 is 12.7 Å². The molecule has 0 saturated heterocycles. The number of rotatable bonds is 1. The maximum atomic E-state index is 9.43. The van der Waals surface area contributed by atoms with E-state index in [9.17, 15) is 8.42 Å². The quantitative estimate of drug-likeness (QED) is 0.371. The first kappa shape index (κ1) is 9.92. The van der Waals surface area contributed by atoms with Crippen molar-refractivity contribution in [2.24, 2.45) is 11.0 Å². The van der Waals surface area contributed by atoms with Crippen LogP contribution in [-0.2, 0) is 14.6 Å². The third-order valence-electron chi connectivity index (χ3n) is 0.134. The van der Waals surface area contributed by atoms with E-state index in [-0.39, 0.29) is 6.15 Å². The van der Waals surface area contributed by atoms with E-state index in [4.69, 9.17) is 0 Å². The van der Waals surface area contributed by atoms with E-state index in [0.717, 1.165) is 0 Å². The van der Waals surface area contributed by atoms with Crippen LogP contribution in [0.15, 0.2) is 0 Å². The summed E-state index contributed by atoms with van der Waals surface area (Å²) in [6, 6.07) is 0. The van der Waals surface area contributed by atoms with Gasteiger partial charge in [0, 0.05) is 0 Å². The van der Waals surface area contributed by atoms with Crippen molar-refractivity contribution in [2.45, 2.75) is 0 Å². The van der Waals surface area contributed by atoms with Gasteiger partial charge >= 0.3 is 10.3 Å². The van der Waals surface area contributed by atoms with E-state index in [1.54, 1.807) is 0 Å². The fourth-order valence-corrected chi connectivity index (χ4v) is 0. The largest absolute Gasteiger partial charge is 0.369 e. The summed E-state index contributed by atoms with van der Waals surface area (Å²) in [5.41, 5.74) is 0. The van der Waals surface area contributed by atoms with Crippen molar-refractivity contribution in [1.82, 2.24) is 6.15 Å². The smallest absolute Gasteiger partial charge is 0.349 e. The lowest BCUT2D eigenvalue weighted by Crippen LogP contribution is -2.19. The lowest BCUT2D eigenvalue weighted by molar-refractivity contribution is 0.333. The first-order chi connectivity index (χ1) is 2.56. The molecule has 0 heterocycles. The third-order valence-corrected chi connectivity index (χ3v) is 0.402. The Balaban J connectivity index is 0. The first-order valence-electron chi connectivity index (χ1n) is 0.971. The van der Waals surface area contributed by atoms with Crippen LogP contribution in [0.25, 0.3) is 0 Å². The Kier molecular flexibility index (Phi) is 4.08. The van der Waals surface area contributed by atoms with Gasteiger partial charge in [0.05, 0.1) is 0 Å². The summed E-state index contributed by atoms with van der Waals surface area (Å²) >= 11 is 0. The summed E-state index contributed by atoms with van der Waals surface area (Å²) in [4.78, 5) is 0. The Labute approximate surface area is 41.2 Å². The maximum absolute atomic E-state index is 9.43. The van der Waals surface area contributed by atoms with Gasteiger partial charge in [-0.1, -0.05) is 0 Å². The van der Waals surface area contributed by atoms with Gasteiger partial charge in [-0.15, -0.1) is 0 Å². The van der Waals surface area contributed by atoms with Crippen LogP contribution in [0.1, 0.15) is 0 Å². The van der Waals surface area contributed by atoms with E-state index in [1.807, 2.05) is 0 Å². The summed E-state index contributed by atoms with van der Waals surface area (Å²) < 4.78 is 22.0. The lowest BCUT2D eigenvalue weighted by atomic mass is 13.6. The van der Waals surface area contributed by atoms with Gasteiger partial charge in [-0.3, -0.25) is 0 Å². The normalized spacial score (nSPS) is 10.0. The van der Waals surface area contributed by atoms with E-state index in [1.165, 1.54) is 0 Å². The van der Waals surface area contributed by atoms with Crippen LogP contribution in [0.5, 0.6) is 0 Å². The minimum Gasteiger partial charge on any atom is -0.369 e. The van der Waals surface area contributed by atoms with Gasteiger partial charge in [-0.25, -0.2) is 5.14 Å². The SMILES string of the molecule is NOS(N)(=O)=O.[NH4+]. The summed E-state index contributed by atoms with van der Waals surface area (Å²) in [5.74, 6) is 4.09. The monoisotopic (exact) mass is 130 g/mol. The van der Waals surface area contributed by atoms with Crippen molar-refractivity contribution in [3.05, 3.63) is 0 Å². The molecule has 6 nitrogen and oxygen atoms in total. The molecule has 0 rings (SSSR count). The highest BCUT2D eigenvalue weighted by Crippen LogP contribution is 1.64. The topological polar surface area (TPSA) is 132 Å². The number of quaternary nitrogens is 1. The Morgan fingerprint density at radius 1 is 1.43 bits per heavy atom. The molecule has 0 fully saturated rings. The molecule has 7 heteroatoms. The standard InChI is InChI=1S/H4N2O3S.H3N/c1-5-6(2,3)4;/h1H2,(H2,2,3,4);1H3/p+1. The minimum atomic E-state index is -3.88. The Bertz CT molecular complexity index is 112. The first-order valence-corrected chi connectivity index (χ1v) is 2.44. The summed E-state index contributed by atoms with van der Waals surface area (Å²) in [6.07, 6.45) is 0. The zero-order chi connectivity index (χ0) is 5.21. The molecule has 8 N–H and O–H groups in total. The molecule has 0 spiro atoms. The van der Waals surface area contributed by atoms with Gasteiger partial charge in [0.1, 0.15) is 0 Å². The van der Waals surface area contributed by atoms with Crippen LogP contribution in [0, 0.1) is 0 Å². The highest BCUT2D eigenvalue weighted by Gasteiger charge is 1.92. The van der Waals surface area contributed by atoms with Crippen molar-refractivity contribution in [1.29, 1.82) is 0 Å². The highest BCUT2D eigenvalue weighted by atomic mass is 32.2. The molecule has 0 saturated carbocycles. The molecule has 0 aliphatic rings. The average Bonchev–Trinajstić information content (AvgIpc) is 1.35. The number of nitrogens with two attached hydrogens (primary N) is 2. The second kappa shape index (κ2) is 2.88. The summed E-state index contributed by atoms with van der Waals surface area (Å²) in [7, 11) is -3.88. The Morgan fingerprint density at radius 2 is 1.57 bits per heavy atom. The predicted octanol–water partition coefficient (Wildman–Crippen LogP) is -1.54. The molecule has 0 unspecified atom stereocenters. The van der Waals surface area contributed by atoms with Crippen molar-refractivity contribution >= 4 is 10.3 Å². The molecule has 0 atom stereocenters. The maximum Gasteiger partial charge on any atom is 0.349 e. The second-order valence-electron chi connectivity index (χ2n) is 0.589. The lowest BCUT2D eigenvalue weighted by Gasteiger charge is -1.83. The Hall–Kier alpha value is -0.210. The van der Waals surface area contributed by atoms with Crippen LogP contribution in [0.4, 0.5) is 0 Å². The van der Waals surface area contributed by atoms with Gasteiger partial charge in [0.2, 0.25) is 0 Å². The number of hydrogen-bond acceptors (Lipinski definition) is 4. The van der Waals surface area contributed by atoms with Crippen molar-refractivity contribution in [3.63, 3.8) is 0 Å². The van der Waals surface area contributed by atoms with Crippen LogP contribution in [0.3, 0.4) is 0 Å². The van der Waals surface area contributed by atoms with Gasteiger partial charge in [-0.05, 0) is 0 Å². The van der Waals surface area contributed by atoms with Gasteiger partial charge in [0.25, 0.3) is 0 Å². The van der Waals surface area contributed by atoms with E-state index >= 15 is 0 Å². The van der Waals surface area contributed by atoms with E-state index in [0.29, 0.717) is 0 Å². The van der Waals surface area contributed by atoms with Crippen LogP contribution >= 0.6 is 0 Å². The molecule has 0 aromatic heterocycles. The molecule has 0 aliphatic carbocycles. The molecule has 0 aromatic carbocycles. The van der Waals surface area contributed by atoms with Crippen molar-refractivity contribution in [2.75, 3.05) is 0 Å². The molecule has 0 radical (unpaired) electrons. The highest BCUT2D eigenvalue weighted by molar-refractivity contribution is 7.84. The molecular weight excluding hydrogens is 122 g/mol. The summed E-state index contributed by atoms with van der Waals surface area (Å²) in [5, 5.41) is 4.16.